The Morgan fingerprint density at radius 3 is 2.79 bits per heavy atom. The molecule has 0 radical (unpaired) electrons. The van der Waals surface area contributed by atoms with Gasteiger partial charge in [0.05, 0.1) is 41.6 Å². The van der Waals surface area contributed by atoms with Crippen molar-refractivity contribution >= 4 is 17.5 Å². The number of carbonyl (C=O) groups excluding carboxylic acids is 1. The Labute approximate surface area is 144 Å². The van der Waals surface area contributed by atoms with Crippen molar-refractivity contribution in [1.82, 2.24) is 20.1 Å². The molecule has 1 aliphatic heterocycles. The van der Waals surface area contributed by atoms with Gasteiger partial charge in [-0.25, -0.2) is 0 Å². The molecule has 0 aliphatic carbocycles. The quantitative estimate of drug-likeness (QED) is 0.797. The summed E-state index contributed by atoms with van der Waals surface area (Å²) in [6.45, 7) is 1.00. The molecule has 0 fully saturated rings. The van der Waals surface area contributed by atoms with Crippen molar-refractivity contribution in [2.75, 3.05) is 0 Å². The molecular weight excluding hydrogens is 324 g/mol. The normalized spacial score (nSPS) is 13.9. The standard InChI is InChI=1S/C18H15ClN4O/c19-15-7-2-1-6-13(15)18-14-9-17(24)23(11-16(14)21-22-18)10-12-5-3-4-8-20-12/h1-8H,9-11H2,(H,21,22). The molecule has 0 atom stereocenters. The number of benzene rings is 1. The highest BCUT2D eigenvalue weighted by Crippen LogP contribution is 2.33. The van der Waals surface area contributed by atoms with Crippen molar-refractivity contribution in [3.05, 3.63) is 70.6 Å². The summed E-state index contributed by atoms with van der Waals surface area (Å²) >= 11 is 6.27. The van der Waals surface area contributed by atoms with Gasteiger partial charge in [0, 0.05) is 17.3 Å². The fraction of sp³-hybridized carbons (Fsp3) is 0.167. The van der Waals surface area contributed by atoms with E-state index >= 15 is 0 Å². The zero-order valence-electron chi connectivity index (χ0n) is 12.9. The Bertz CT molecular complexity index is 891. The Morgan fingerprint density at radius 1 is 1.17 bits per heavy atom. The van der Waals surface area contributed by atoms with Crippen LogP contribution in [0.5, 0.6) is 0 Å². The first kappa shape index (κ1) is 14.9. The van der Waals surface area contributed by atoms with Crippen LogP contribution in [0.15, 0.2) is 48.7 Å². The van der Waals surface area contributed by atoms with Gasteiger partial charge in [-0.2, -0.15) is 5.10 Å². The van der Waals surface area contributed by atoms with E-state index in [2.05, 4.69) is 15.2 Å². The lowest BCUT2D eigenvalue weighted by Gasteiger charge is -2.26. The second kappa shape index (κ2) is 6.09. The predicted molar refractivity (Wildman–Crippen MR) is 91.2 cm³/mol. The summed E-state index contributed by atoms with van der Waals surface area (Å²) in [6.07, 6.45) is 2.06. The smallest absolute Gasteiger partial charge is 0.227 e. The Morgan fingerprint density at radius 2 is 2.00 bits per heavy atom. The van der Waals surface area contributed by atoms with E-state index in [0.717, 1.165) is 28.2 Å². The minimum Gasteiger partial charge on any atom is -0.331 e. The van der Waals surface area contributed by atoms with E-state index in [4.69, 9.17) is 11.6 Å². The van der Waals surface area contributed by atoms with E-state index in [0.29, 0.717) is 24.5 Å². The number of hydrogen-bond acceptors (Lipinski definition) is 3. The van der Waals surface area contributed by atoms with Crippen LogP contribution in [0.4, 0.5) is 0 Å². The van der Waals surface area contributed by atoms with Gasteiger partial charge in [0.2, 0.25) is 5.91 Å². The summed E-state index contributed by atoms with van der Waals surface area (Å²) in [4.78, 5) is 18.6. The Hall–Kier alpha value is -2.66. The van der Waals surface area contributed by atoms with Crippen molar-refractivity contribution in [3.8, 4) is 11.3 Å². The van der Waals surface area contributed by atoms with Crippen molar-refractivity contribution in [2.24, 2.45) is 0 Å². The van der Waals surface area contributed by atoms with Gasteiger partial charge in [-0.05, 0) is 18.2 Å². The number of fused-ring (bicyclic) bond motifs is 1. The van der Waals surface area contributed by atoms with E-state index in [1.807, 2.05) is 42.5 Å². The van der Waals surface area contributed by atoms with Crippen LogP contribution in [0, 0.1) is 0 Å². The zero-order chi connectivity index (χ0) is 16.5. The SMILES string of the molecule is O=C1Cc2c(-c3ccccc3Cl)n[nH]c2CN1Cc1ccccn1. The lowest BCUT2D eigenvalue weighted by Crippen LogP contribution is -2.35. The number of aromatic nitrogens is 3. The summed E-state index contributed by atoms with van der Waals surface area (Å²) in [6, 6.07) is 13.3. The number of nitrogens with zero attached hydrogens (tertiary/aromatic N) is 3. The van der Waals surface area contributed by atoms with Crippen molar-refractivity contribution in [3.63, 3.8) is 0 Å². The molecule has 0 spiro atoms. The van der Waals surface area contributed by atoms with Gasteiger partial charge in [0.15, 0.2) is 0 Å². The van der Waals surface area contributed by atoms with Crippen LogP contribution in [-0.2, 0) is 24.3 Å². The van der Waals surface area contributed by atoms with E-state index in [-0.39, 0.29) is 5.91 Å². The van der Waals surface area contributed by atoms with Gasteiger partial charge in [-0.1, -0.05) is 35.9 Å². The van der Waals surface area contributed by atoms with Crippen LogP contribution in [-0.4, -0.2) is 26.0 Å². The lowest BCUT2D eigenvalue weighted by atomic mass is 9.99. The topological polar surface area (TPSA) is 61.9 Å². The number of pyridine rings is 1. The monoisotopic (exact) mass is 338 g/mol. The minimum atomic E-state index is 0.0721. The number of rotatable bonds is 3. The summed E-state index contributed by atoms with van der Waals surface area (Å²) in [5, 5.41) is 8.10. The third-order valence-corrected chi connectivity index (χ3v) is 4.52. The molecule has 6 heteroatoms. The molecular formula is C18H15ClN4O. The second-order valence-electron chi connectivity index (χ2n) is 5.76. The molecule has 0 saturated carbocycles. The highest BCUT2D eigenvalue weighted by atomic mass is 35.5. The first-order valence-corrected chi connectivity index (χ1v) is 8.09. The van der Waals surface area contributed by atoms with E-state index in [1.54, 1.807) is 11.1 Å². The van der Waals surface area contributed by atoms with Crippen molar-refractivity contribution in [2.45, 2.75) is 19.5 Å². The number of halogens is 1. The molecule has 0 bridgehead atoms. The maximum atomic E-state index is 12.6. The summed E-state index contributed by atoms with van der Waals surface area (Å²) in [5.41, 5.74) is 4.38. The van der Waals surface area contributed by atoms with Gasteiger partial charge in [0.25, 0.3) is 0 Å². The first-order chi connectivity index (χ1) is 11.7. The molecule has 3 aromatic rings. The second-order valence-corrected chi connectivity index (χ2v) is 6.16. The Kier molecular flexibility index (Phi) is 3.78. The number of nitrogens with one attached hydrogen (secondary N) is 1. The maximum absolute atomic E-state index is 12.6. The molecule has 4 rings (SSSR count). The lowest BCUT2D eigenvalue weighted by molar-refractivity contribution is -0.132. The molecule has 1 amide bonds. The third-order valence-electron chi connectivity index (χ3n) is 4.19. The maximum Gasteiger partial charge on any atom is 0.227 e. The third kappa shape index (κ3) is 2.67. The zero-order valence-corrected chi connectivity index (χ0v) is 13.6. The van der Waals surface area contributed by atoms with Gasteiger partial charge in [-0.15, -0.1) is 0 Å². The molecule has 5 nitrogen and oxygen atoms in total. The molecule has 24 heavy (non-hydrogen) atoms. The fourth-order valence-corrected chi connectivity index (χ4v) is 3.20. The molecule has 3 heterocycles. The van der Waals surface area contributed by atoms with E-state index < -0.39 is 0 Å². The summed E-state index contributed by atoms with van der Waals surface area (Å²) in [5.74, 6) is 0.0721. The van der Waals surface area contributed by atoms with Crippen LogP contribution < -0.4 is 0 Å². The molecule has 1 aliphatic rings. The van der Waals surface area contributed by atoms with Gasteiger partial charge in [0.1, 0.15) is 0 Å². The van der Waals surface area contributed by atoms with Crippen LogP contribution in [0.25, 0.3) is 11.3 Å². The average molecular weight is 339 g/mol. The molecule has 0 saturated heterocycles. The van der Waals surface area contributed by atoms with E-state index in [1.165, 1.54) is 0 Å². The molecule has 0 unspecified atom stereocenters. The number of hydrogen-bond donors (Lipinski definition) is 1. The number of amides is 1. The van der Waals surface area contributed by atoms with Crippen LogP contribution in [0.3, 0.4) is 0 Å². The summed E-state index contributed by atoms with van der Waals surface area (Å²) < 4.78 is 0. The fourth-order valence-electron chi connectivity index (χ4n) is 2.97. The molecule has 120 valence electrons. The molecule has 1 aromatic carbocycles. The largest absolute Gasteiger partial charge is 0.331 e. The number of H-pyrrole nitrogens is 1. The number of aromatic amines is 1. The van der Waals surface area contributed by atoms with Crippen LogP contribution in [0.1, 0.15) is 17.0 Å². The highest BCUT2D eigenvalue weighted by Gasteiger charge is 2.28. The van der Waals surface area contributed by atoms with Crippen molar-refractivity contribution < 1.29 is 4.79 Å². The van der Waals surface area contributed by atoms with E-state index in [9.17, 15) is 4.79 Å². The first-order valence-electron chi connectivity index (χ1n) is 7.71. The van der Waals surface area contributed by atoms with Gasteiger partial charge >= 0.3 is 0 Å². The summed E-state index contributed by atoms with van der Waals surface area (Å²) in [7, 11) is 0. The van der Waals surface area contributed by atoms with Gasteiger partial charge in [-0.3, -0.25) is 14.9 Å². The Balaban J connectivity index is 1.63. The van der Waals surface area contributed by atoms with Crippen LogP contribution >= 0.6 is 11.6 Å². The molecule has 1 N–H and O–H groups in total. The predicted octanol–water partition coefficient (Wildman–Crippen LogP) is 3.21. The minimum absolute atomic E-state index is 0.0721. The highest BCUT2D eigenvalue weighted by molar-refractivity contribution is 6.33. The van der Waals surface area contributed by atoms with Gasteiger partial charge < -0.3 is 4.90 Å². The number of carbonyl (C=O) groups is 1. The van der Waals surface area contributed by atoms with Crippen LogP contribution in [0.2, 0.25) is 5.02 Å². The molecule has 2 aromatic heterocycles. The van der Waals surface area contributed by atoms with Crippen molar-refractivity contribution in [1.29, 1.82) is 0 Å². The average Bonchev–Trinajstić information content (AvgIpc) is 2.99.